The van der Waals surface area contributed by atoms with Crippen LogP contribution in [0.3, 0.4) is 0 Å². The smallest absolute Gasteiger partial charge is 0.350 e. The number of esters is 1. The third-order valence-corrected chi connectivity index (χ3v) is 2.75. The Bertz CT molecular complexity index is 520. The number of methoxy groups -OCH3 is 1. The Balaban J connectivity index is 2.83. The van der Waals surface area contributed by atoms with Crippen molar-refractivity contribution in [1.29, 1.82) is 10.5 Å². The quantitative estimate of drug-likeness (QED) is 0.651. The standard InChI is InChI=1S/C11H9N3O2S/c1-16-11(15)10-9(3-5-17-10)14-7-8(6-13)2-4-12/h3,5,7,14H,2H2,1H3. The maximum atomic E-state index is 11.3. The van der Waals surface area contributed by atoms with Crippen LogP contribution in [0.1, 0.15) is 16.1 Å². The number of allylic oxidation sites excluding steroid dienone is 1. The van der Waals surface area contributed by atoms with Crippen molar-refractivity contribution in [1.82, 2.24) is 0 Å². The summed E-state index contributed by atoms with van der Waals surface area (Å²) in [6, 6.07) is 5.47. The molecule has 0 aliphatic rings. The Kier molecular flexibility index (Phi) is 4.74. The van der Waals surface area contributed by atoms with Crippen molar-refractivity contribution in [2.75, 3.05) is 12.4 Å². The summed E-state index contributed by atoms with van der Waals surface area (Å²) in [4.78, 5) is 11.8. The fourth-order valence-electron chi connectivity index (χ4n) is 1.05. The predicted octanol–water partition coefficient (Wildman–Crippen LogP) is 2.27. The number of thiophene rings is 1. The Hall–Kier alpha value is -2.31. The molecule has 0 aliphatic carbocycles. The third kappa shape index (κ3) is 3.33. The Morgan fingerprint density at radius 3 is 3.00 bits per heavy atom. The number of ether oxygens (including phenoxy) is 1. The zero-order valence-electron chi connectivity index (χ0n) is 9.06. The number of carbonyl (C=O) groups excluding carboxylic acids is 1. The van der Waals surface area contributed by atoms with Gasteiger partial charge in [0.15, 0.2) is 0 Å². The van der Waals surface area contributed by atoms with Crippen molar-refractivity contribution < 1.29 is 9.53 Å². The molecule has 17 heavy (non-hydrogen) atoms. The van der Waals surface area contributed by atoms with Gasteiger partial charge in [-0.2, -0.15) is 10.5 Å². The normalized spacial score (nSPS) is 10.2. The van der Waals surface area contributed by atoms with Crippen LogP contribution >= 0.6 is 11.3 Å². The fourth-order valence-corrected chi connectivity index (χ4v) is 1.82. The van der Waals surface area contributed by atoms with Gasteiger partial charge in [-0.3, -0.25) is 0 Å². The molecule has 0 saturated heterocycles. The van der Waals surface area contributed by atoms with Gasteiger partial charge in [0.05, 0.1) is 36.9 Å². The monoisotopic (exact) mass is 247 g/mol. The summed E-state index contributed by atoms with van der Waals surface area (Å²) in [6.45, 7) is 0. The highest BCUT2D eigenvalue weighted by Gasteiger charge is 2.12. The molecule has 1 N–H and O–H groups in total. The molecule has 0 spiro atoms. The van der Waals surface area contributed by atoms with Gasteiger partial charge < -0.3 is 10.1 Å². The molecule has 1 heterocycles. The highest BCUT2D eigenvalue weighted by Crippen LogP contribution is 2.23. The molecule has 5 nitrogen and oxygen atoms in total. The van der Waals surface area contributed by atoms with Crippen LogP contribution in [0.2, 0.25) is 0 Å². The van der Waals surface area contributed by atoms with Gasteiger partial charge in [0.2, 0.25) is 0 Å². The molecule has 0 fully saturated rings. The van der Waals surface area contributed by atoms with Crippen LogP contribution in [0.5, 0.6) is 0 Å². The number of anilines is 1. The lowest BCUT2D eigenvalue weighted by Crippen LogP contribution is -2.01. The van der Waals surface area contributed by atoms with Crippen LogP contribution in [-0.4, -0.2) is 13.1 Å². The first-order valence-corrected chi connectivity index (χ1v) is 5.49. The number of carbonyl (C=O) groups is 1. The predicted molar refractivity (Wildman–Crippen MR) is 63.2 cm³/mol. The number of rotatable bonds is 4. The molecule has 0 aromatic carbocycles. The SMILES string of the molecule is COC(=O)c1sccc1NC=C(C#N)CC#N. The van der Waals surface area contributed by atoms with Gasteiger partial charge in [0, 0.05) is 6.20 Å². The molecular formula is C11H9N3O2S. The van der Waals surface area contributed by atoms with E-state index in [-0.39, 0.29) is 6.42 Å². The van der Waals surface area contributed by atoms with Gasteiger partial charge in [0.25, 0.3) is 0 Å². The van der Waals surface area contributed by atoms with Crippen LogP contribution in [0.4, 0.5) is 5.69 Å². The number of nitrogens with one attached hydrogen (secondary N) is 1. The fraction of sp³-hybridized carbons (Fsp3) is 0.182. The molecule has 0 saturated carbocycles. The molecule has 0 amide bonds. The van der Waals surface area contributed by atoms with E-state index in [2.05, 4.69) is 10.1 Å². The first kappa shape index (κ1) is 12.8. The topological polar surface area (TPSA) is 85.9 Å². The summed E-state index contributed by atoms with van der Waals surface area (Å²) in [7, 11) is 1.30. The second-order valence-corrected chi connectivity index (χ2v) is 3.83. The summed E-state index contributed by atoms with van der Waals surface area (Å²) in [5.41, 5.74) is 0.863. The van der Waals surface area contributed by atoms with Crippen LogP contribution in [-0.2, 0) is 4.74 Å². The lowest BCUT2D eigenvalue weighted by molar-refractivity contribution is 0.0607. The number of nitrogens with zero attached hydrogens (tertiary/aromatic N) is 2. The van der Waals surface area contributed by atoms with Gasteiger partial charge in [-0.1, -0.05) is 0 Å². The first-order chi connectivity index (χ1) is 8.22. The maximum Gasteiger partial charge on any atom is 0.350 e. The Morgan fingerprint density at radius 2 is 2.41 bits per heavy atom. The van der Waals surface area contributed by atoms with Crippen molar-refractivity contribution in [2.24, 2.45) is 0 Å². The van der Waals surface area contributed by atoms with Gasteiger partial charge in [0.1, 0.15) is 4.88 Å². The molecule has 6 heteroatoms. The van der Waals surface area contributed by atoms with Crippen molar-refractivity contribution >= 4 is 23.0 Å². The summed E-state index contributed by atoms with van der Waals surface area (Å²) in [6.07, 6.45) is 1.44. The zero-order valence-corrected chi connectivity index (χ0v) is 9.87. The second-order valence-electron chi connectivity index (χ2n) is 2.92. The Morgan fingerprint density at radius 1 is 1.65 bits per heavy atom. The lowest BCUT2D eigenvalue weighted by atomic mass is 10.2. The number of hydrogen-bond donors (Lipinski definition) is 1. The van der Waals surface area contributed by atoms with E-state index >= 15 is 0 Å². The van der Waals surface area contributed by atoms with E-state index in [1.807, 2.05) is 12.1 Å². The zero-order chi connectivity index (χ0) is 12.7. The molecule has 0 radical (unpaired) electrons. The lowest BCUT2D eigenvalue weighted by Gasteiger charge is -2.01. The highest BCUT2D eigenvalue weighted by atomic mass is 32.1. The third-order valence-electron chi connectivity index (χ3n) is 1.85. The molecule has 0 atom stereocenters. The van der Waals surface area contributed by atoms with Crippen LogP contribution in [0, 0.1) is 22.7 Å². The first-order valence-electron chi connectivity index (χ1n) is 4.61. The van der Waals surface area contributed by atoms with Crippen LogP contribution < -0.4 is 5.32 Å². The number of hydrogen-bond acceptors (Lipinski definition) is 6. The minimum Gasteiger partial charge on any atom is -0.465 e. The molecule has 0 aliphatic heterocycles. The van der Waals surface area contributed by atoms with E-state index in [4.69, 9.17) is 10.5 Å². The van der Waals surface area contributed by atoms with Crippen LogP contribution in [0.15, 0.2) is 23.2 Å². The van der Waals surface area contributed by atoms with Crippen LogP contribution in [0.25, 0.3) is 0 Å². The average Bonchev–Trinajstić information content (AvgIpc) is 2.81. The van der Waals surface area contributed by atoms with Gasteiger partial charge >= 0.3 is 5.97 Å². The molecular weight excluding hydrogens is 238 g/mol. The van der Waals surface area contributed by atoms with E-state index in [1.165, 1.54) is 24.6 Å². The van der Waals surface area contributed by atoms with Crippen molar-refractivity contribution in [3.63, 3.8) is 0 Å². The van der Waals surface area contributed by atoms with E-state index in [9.17, 15) is 4.79 Å². The van der Waals surface area contributed by atoms with Gasteiger partial charge in [-0.15, -0.1) is 11.3 Å². The molecule has 1 aromatic heterocycles. The van der Waals surface area contributed by atoms with Crippen molar-refractivity contribution in [3.05, 3.63) is 28.1 Å². The average molecular weight is 247 g/mol. The van der Waals surface area contributed by atoms with Crippen molar-refractivity contribution in [3.8, 4) is 12.1 Å². The minimum absolute atomic E-state index is 0.0290. The summed E-state index contributed by atoms with van der Waals surface area (Å²) in [5, 5.41) is 21.7. The molecule has 0 bridgehead atoms. The van der Waals surface area contributed by atoms with E-state index in [1.54, 1.807) is 11.4 Å². The van der Waals surface area contributed by atoms with Crippen molar-refractivity contribution in [2.45, 2.75) is 6.42 Å². The summed E-state index contributed by atoms with van der Waals surface area (Å²) >= 11 is 1.24. The Labute approximate surface area is 103 Å². The van der Waals surface area contributed by atoms with E-state index in [0.29, 0.717) is 16.1 Å². The minimum atomic E-state index is -0.435. The molecule has 1 aromatic rings. The van der Waals surface area contributed by atoms with E-state index in [0.717, 1.165) is 0 Å². The molecule has 0 unspecified atom stereocenters. The maximum absolute atomic E-state index is 11.3. The van der Waals surface area contributed by atoms with E-state index < -0.39 is 5.97 Å². The number of nitriles is 2. The molecule has 1 rings (SSSR count). The summed E-state index contributed by atoms with van der Waals surface area (Å²) < 4.78 is 4.61. The second kappa shape index (κ2) is 6.31. The highest BCUT2D eigenvalue weighted by molar-refractivity contribution is 7.12. The summed E-state index contributed by atoms with van der Waals surface area (Å²) in [5.74, 6) is -0.435. The largest absolute Gasteiger partial charge is 0.465 e. The van der Waals surface area contributed by atoms with Gasteiger partial charge in [-0.25, -0.2) is 4.79 Å². The van der Waals surface area contributed by atoms with Gasteiger partial charge in [-0.05, 0) is 11.4 Å². The molecule has 86 valence electrons.